The first-order valence-corrected chi connectivity index (χ1v) is 4.32. The second kappa shape index (κ2) is 3.42. The van der Waals surface area contributed by atoms with Crippen LogP contribution in [-0.2, 0) is 5.92 Å². The summed E-state index contributed by atoms with van der Waals surface area (Å²) >= 11 is 0. The summed E-state index contributed by atoms with van der Waals surface area (Å²) < 4.78 is 30.3. The van der Waals surface area contributed by atoms with Gasteiger partial charge in [0.25, 0.3) is 5.92 Å². The van der Waals surface area contributed by atoms with Crippen molar-refractivity contribution in [1.29, 1.82) is 0 Å². The Kier molecular flexibility index (Phi) is 2.22. The maximum atomic E-state index is 12.9. The molecule has 0 fully saturated rings. The number of benzene rings is 1. The highest BCUT2D eigenvalue weighted by atomic mass is 19.3. The summed E-state index contributed by atoms with van der Waals surface area (Å²) in [6.45, 7) is 0.857. The summed E-state index contributed by atoms with van der Waals surface area (Å²) in [7, 11) is 0. The quantitative estimate of drug-likeness (QED) is 0.765. The maximum absolute atomic E-state index is 12.9. The molecule has 0 aliphatic rings. The van der Waals surface area contributed by atoms with Gasteiger partial charge in [0.05, 0.1) is 0 Å². The third-order valence-corrected chi connectivity index (χ3v) is 2.01. The Morgan fingerprint density at radius 1 is 1.20 bits per heavy atom. The van der Waals surface area contributed by atoms with E-state index in [9.17, 15) is 8.78 Å². The molecule has 1 heterocycles. The summed E-state index contributed by atoms with van der Waals surface area (Å²) in [4.78, 5) is 3.81. The molecule has 0 radical (unpaired) electrons. The summed E-state index contributed by atoms with van der Waals surface area (Å²) in [5.74, 6) is -2.43. The average molecular weight is 210 g/mol. The van der Waals surface area contributed by atoms with Crippen LogP contribution in [0.15, 0.2) is 35.2 Å². The lowest BCUT2D eigenvalue weighted by atomic mass is 10.1. The lowest BCUT2D eigenvalue weighted by molar-refractivity contribution is 0.0175. The zero-order valence-corrected chi connectivity index (χ0v) is 7.95. The molecule has 0 bridgehead atoms. The van der Waals surface area contributed by atoms with Gasteiger partial charge in [-0.25, -0.2) is 8.78 Å². The van der Waals surface area contributed by atoms with Gasteiger partial charge in [-0.05, 0) is 0 Å². The van der Waals surface area contributed by atoms with E-state index in [2.05, 4.69) is 14.7 Å². The van der Waals surface area contributed by atoms with Gasteiger partial charge in [0.15, 0.2) is 0 Å². The lowest BCUT2D eigenvalue weighted by Crippen LogP contribution is -2.06. The van der Waals surface area contributed by atoms with Gasteiger partial charge in [-0.2, -0.15) is 4.98 Å². The van der Waals surface area contributed by atoms with Crippen molar-refractivity contribution in [2.45, 2.75) is 12.8 Å². The topological polar surface area (TPSA) is 38.9 Å². The Labute approximate surface area is 84.7 Å². The molecule has 0 aliphatic heterocycles. The van der Waals surface area contributed by atoms with E-state index in [1.54, 1.807) is 0 Å². The summed E-state index contributed by atoms with van der Waals surface area (Å²) in [6.07, 6.45) is 1.19. The van der Waals surface area contributed by atoms with Crippen molar-refractivity contribution in [3.63, 3.8) is 0 Å². The van der Waals surface area contributed by atoms with Gasteiger partial charge in [0.1, 0.15) is 0 Å². The van der Waals surface area contributed by atoms with E-state index in [0.29, 0.717) is 11.4 Å². The molecule has 0 N–H and O–H groups in total. The summed E-state index contributed by atoms with van der Waals surface area (Å²) in [5, 5.41) is 3.60. The highest BCUT2D eigenvalue weighted by molar-refractivity contribution is 5.54. The smallest absolute Gasteiger partial charge is 0.270 e. The zero-order valence-electron chi connectivity index (χ0n) is 7.95. The van der Waals surface area contributed by atoms with Crippen LogP contribution in [0.3, 0.4) is 0 Å². The van der Waals surface area contributed by atoms with E-state index in [-0.39, 0.29) is 5.56 Å². The van der Waals surface area contributed by atoms with Crippen LogP contribution in [0, 0.1) is 0 Å². The van der Waals surface area contributed by atoms with Crippen LogP contribution >= 0.6 is 0 Å². The van der Waals surface area contributed by atoms with Gasteiger partial charge < -0.3 is 4.52 Å². The molecule has 0 aliphatic carbocycles. The van der Waals surface area contributed by atoms with Crippen molar-refractivity contribution < 1.29 is 13.3 Å². The first-order valence-electron chi connectivity index (χ1n) is 4.32. The molecule has 0 saturated carbocycles. The standard InChI is InChI=1S/C10H8F2N2O/c1-10(11,12)8-4-2-7(3-5-8)9-13-6-15-14-9/h2-6H,1H3. The molecule has 3 nitrogen and oxygen atoms in total. The van der Waals surface area contributed by atoms with Crippen molar-refractivity contribution in [3.05, 3.63) is 36.2 Å². The first kappa shape index (κ1) is 9.76. The van der Waals surface area contributed by atoms with Crippen molar-refractivity contribution in [2.24, 2.45) is 0 Å². The van der Waals surface area contributed by atoms with Gasteiger partial charge >= 0.3 is 0 Å². The Morgan fingerprint density at radius 3 is 2.33 bits per heavy atom. The number of hydrogen-bond donors (Lipinski definition) is 0. The average Bonchev–Trinajstić information content (AvgIpc) is 2.69. The zero-order chi connectivity index (χ0) is 10.9. The molecule has 2 aromatic rings. The molecule has 0 spiro atoms. The number of halogens is 2. The van der Waals surface area contributed by atoms with Gasteiger partial charge in [0.2, 0.25) is 12.2 Å². The van der Waals surface area contributed by atoms with Crippen molar-refractivity contribution in [2.75, 3.05) is 0 Å². The molecule has 0 atom stereocenters. The Morgan fingerprint density at radius 2 is 1.87 bits per heavy atom. The molecular formula is C10H8F2N2O. The first-order chi connectivity index (χ1) is 7.07. The third kappa shape index (κ3) is 2.01. The second-order valence-corrected chi connectivity index (χ2v) is 3.22. The SMILES string of the molecule is CC(F)(F)c1ccc(-c2ncon2)cc1. The molecule has 1 aromatic carbocycles. The molecule has 0 unspecified atom stereocenters. The molecule has 15 heavy (non-hydrogen) atoms. The third-order valence-electron chi connectivity index (χ3n) is 2.01. The Hall–Kier alpha value is -1.78. The minimum atomic E-state index is -2.82. The van der Waals surface area contributed by atoms with Crippen LogP contribution in [0.2, 0.25) is 0 Å². The van der Waals surface area contributed by atoms with Gasteiger partial charge in [-0.15, -0.1) is 0 Å². The molecule has 1 aromatic heterocycles. The molecule has 0 amide bonds. The van der Waals surface area contributed by atoms with Crippen LogP contribution in [0.5, 0.6) is 0 Å². The van der Waals surface area contributed by atoms with E-state index in [1.165, 1.54) is 30.7 Å². The normalized spacial score (nSPS) is 11.7. The van der Waals surface area contributed by atoms with E-state index in [1.807, 2.05) is 0 Å². The number of rotatable bonds is 2. The van der Waals surface area contributed by atoms with E-state index >= 15 is 0 Å². The Balaban J connectivity index is 2.33. The fourth-order valence-corrected chi connectivity index (χ4v) is 1.21. The number of aromatic nitrogens is 2. The van der Waals surface area contributed by atoms with Crippen LogP contribution in [0.1, 0.15) is 12.5 Å². The minimum absolute atomic E-state index is 0.0326. The molecule has 0 saturated heterocycles. The molecular weight excluding hydrogens is 202 g/mol. The van der Waals surface area contributed by atoms with E-state index in [4.69, 9.17) is 0 Å². The molecule has 2 rings (SSSR count). The van der Waals surface area contributed by atoms with Gasteiger partial charge in [-0.1, -0.05) is 29.4 Å². The largest absolute Gasteiger partial charge is 0.342 e. The van der Waals surface area contributed by atoms with Crippen LogP contribution in [0.4, 0.5) is 8.78 Å². The van der Waals surface area contributed by atoms with Gasteiger partial charge in [-0.3, -0.25) is 0 Å². The van der Waals surface area contributed by atoms with Crippen LogP contribution < -0.4 is 0 Å². The second-order valence-electron chi connectivity index (χ2n) is 3.22. The predicted molar refractivity (Wildman–Crippen MR) is 49.3 cm³/mol. The van der Waals surface area contributed by atoms with Crippen molar-refractivity contribution >= 4 is 0 Å². The highest BCUT2D eigenvalue weighted by Gasteiger charge is 2.23. The van der Waals surface area contributed by atoms with Crippen molar-refractivity contribution in [1.82, 2.24) is 10.1 Å². The van der Waals surface area contributed by atoms with E-state index in [0.717, 1.165) is 6.92 Å². The monoisotopic (exact) mass is 210 g/mol. The fraction of sp³-hybridized carbons (Fsp3) is 0.200. The predicted octanol–water partition coefficient (Wildman–Crippen LogP) is 2.85. The maximum Gasteiger partial charge on any atom is 0.270 e. The molecule has 5 heteroatoms. The highest BCUT2D eigenvalue weighted by Crippen LogP contribution is 2.28. The number of hydrogen-bond acceptors (Lipinski definition) is 3. The summed E-state index contributed by atoms with van der Waals surface area (Å²) in [5.41, 5.74) is 0.617. The van der Waals surface area contributed by atoms with Crippen LogP contribution in [-0.4, -0.2) is 10.1 Å². The minimum Gasteiger partial charge on any atom is -0.342 e. The fourth-order valence-electron chi connectivity index (χ4n) is 1.21. The van der Waals surface area contributed by atoms with E-state index < -0.39 is 5.92 Å². The number of nitrogens with zero attached hydrogens (tertiary/aromatic N) is 2. The number of alkyl halides is 2. The summed E-state index contributed by atoms with van der Waals surface area (Å²) in [6, 6.07) is 5.78. The van der Waals surface area contributed by atoms with Crippen LogP contribution in [0.25, 0.3) is 11.4 Å². The van der Waals surface area contributed by atoms with Gasteiger partial charge in [0, 0.05) is 18.1 Å². The lowest BCUT2D eigenvalue weighted by Gasteiger charge is -2.09. The van der Waals surface area contributed by atoms with Crippen molar-refractivity contribution in [3.8, 4) is 11.4 Å². The molecule has 78 valence electrons. The Bertz CT molecular complexity index is 431.